The first-order valence-corrected chi connectivity index (χ1v) is 7.20. The SMILES string of the molecule is Cc1ccc(S(=O)(=O)NC[C@H]2C[C@H](O)C2)cc1. The number of sulfonamides is 1. The molecule has 0 aromatic heterocycles. The van der Waals surface area contributed by atoms with Crippen LogP contribution in [0.1, 0.15) is 18.4 Å². The number of aliphatic hydroxyl groups excluding tert-OH is 1. The van der Waals surface area contributed by atoms with E-state index in [1.165, 1.54) is 0 Å². The van der Waals surface area contributed by atoms with E-state index in [1.807, 2.05) is 6.92 Å². The van der Waals surface area contributed by atoms with Crippen molar-refractivity contribution < 1.29 is 13.5 Å². The van der Waals surface area contributed by atoms with E-state index in [9.17, 15) is 8.42 Å². The van der Waals surface area contributed by atoms with Gasteiger partial charge in [-0.2, -0.15) is 0 Å². The van der Waals surface area contributed by atoms with Crippen LogP contribution in [0.25, 0.3) is 0 Å². The van der Waals surface area contributed by atoms with Gasteiger partial charge in [0.1, 0.15) is 0 Å². The second kappa shape index (κ2) is 4.76. The lowest BCUT2D eigenvalue weighted by Crippen LogP contribution is -2.38. The number of rotatable bonds is 4. The Morgan fingerprint density at radius 2 is 1.88 bits per heavy atom. The molecule has 1 fully saturated rings. The summed E-state index contributed by atoms with van der Waals surface area (Å²) in [6.07, 6.45) is 1.14. The Hall–Kier alpha value is -0.910. The van der Waals surface area contributed by atoms with Crippen LogP contribution in [0, 0.1) is 12.8 Å². The highest BCUT2D eigenvalue weighted by atomic mass is 32.2. The van der Waals surface area contributed by atoms with Crippen LogP contribution >= 0.6 is 0 Å². The van der Waals surface area contributed by atoms with Crippen molar-refractivity contribution in [2.24, 2.45) is 5.92 Å². The molecule has 0 aliphatic heterocycles. The molecule has 0 heterocycles. The number of aryl methyl sites for hydroxylation is 1. The fourth-order valence-electron chi connectivity index (χ4n) is 1.90. The molecule has 5 heteroatoms. The Balaban J connectivity index is 1.96. The van der Waals surface area contributed by atoms with Gasteiger partial charge in [-0.15, -0.1) is 0 Å². The maximum absolute atomic E-state index is 11.9. The molecule has 0 bridgehead atoms. The van der Waals surface area contributed by atoms with Crippen molar-refractivity contribution in [3.8, 4) is 0 Å². The molecule has 0 unspecified atom stereocenters. The van der Waals surface area contributed by atoms with Crippen molar-refractivity contribution in [3.05, 3.63) is 29.8 Å². The zero-order valence-corrected chi connectivity index (χ0v) is 10.6. The zero-order chi connectivity index (χ0) is 12.5. The van der Waals surface area contributed by atoms with Gasteiger partial charge in [-0.05, 0) is 37.8 Å². The Morgan fingerprint density at radius 1 is 1.29 bits per heavy atom. The molecule has 2 rings (SSSR count). The van der Waals surface area contributed by atoms with Crippen LogP contribution in [0.15, 0.2) is 29.2 Å². The van der Waals surface area contributed by atoms with Gasteiger partial charge in [-0.1, -0.05) is 17.7 Å². The Kier molecular flexibility index (Phi) is 3.51. The summed E-state index contributed by atoms with van der Waals surface area (Å²) < 4.78 is 26.4. The predicted octanol–water partition coefficient (Wildman–Crippen LogP) is 1.04. The zero-order valence-electron chi connectivity index (χ0n) is 9.76. The average Bonchev–Trinajstić information content (AvgIpc) is 2.23. The van der Waals surface area contributed by atoms with Gasteiger partial charge in [-0.3, -0.25) is 0 Å². The van der Waals surface area contributed by atoms with Gasteiger partial charge in [0.05, 0.1) is 11.0 Å². The van der Waals surface area contributed by atoms with Crippen LogP contribution < -0.4 is 4.72 Å². The molecule has 0 spiro atoms. The monoisotopic (exact) mass is 255 g/mol. The molecule has 0 amide bonds. The highest BCUT2D eigenvalue weighted by Gasteiger charge is 2.28. The third-order valence-corrected chi connectivity index (χ3v) is 4.54. The van der Waals surface area contributed by atoms with E-state index in [0.29, 0.717) is 24.3 Å². The van der Waals surface area contributed by atoms with Crippen molar-refractivity contribution in [3.63, 3.8) is 0 Å². The van der Waals surface area contributed by atoms with Gasteiger partial charge in [-0.25, -0.2) is 13.1 Å². The molecule has 1 aromatic rings. The van der Waals surface area contributed by atoms with Gasteiger partial charge < -0.3 is 5.11 Å². The van der Waals surface area contributed by atoms with Crippen molar-refractivity contribution in [2.45, 2.75) is 30.8 Å². The molecule has 1 aliphatic rings. The van der Waals surface area contributed by atoms with Crippen LogP contribution in [-0.2, 0) is 10.0 Å². The second-order valence-electron chi connectivity index (χ2n) is 4.66. The van der Waals surface area contributed by atoms with Crippen molar-refractivity contribution in [2.75, 3.05) is 6.54 Å². The Bertz CT molecular complexity index is 475. The summed E-state index contributed by atoms with van der Waals surface area (Å²) in [4.78, 5) is 0.294. The molecule has 4 nitrogen and oxygen atoms in total. The molecule has 17 heavy (non-hydrogen) atoms. The number of nitrogens with one attached hydrogen (secondary N) is 1. The lowest BCUT2D eigenvalue weighted by molar-refractivity contribution is 0.0453. The minimum atomic E-state index is -3.40. The van der Waals surface area contributed by atoms with Gasteiger partial charge in [0.25, 0.3) is 0 Å². The molecule has 0 radical (unpaired) electrons. The normalized spacial score (nSPS) is 24.4. The van der Waals surface area contributed by atoms with Crippen LogP contribution in [0.3, 0.4) is 0 Å². The summed E-state index contributed by atoms with van der Waals surface area (Å²) in [5, 5.41) is 9.12. The highest BCUT2D eigenvalue weighted by molar-refractivity contribution is 7.89. The summed E-state index contributed by atoms with van der Waals surface area (Å²) in [5.41, 5.74) is 1.03. The van der Waals surface area contributed by atoms with Gasteiger partial charge in [0.2, 0.25) is 10.0 Å². The van der Waals surface area contributed by atoms with Crippen LogP contribution in [0.4, 0.5) is 0 Å². The molecule has 1 aromatic carbocycles. The summed E-state index contributed by atoms with van der Waals surface area (Å²) in [5.74, 6) is 0.269. The molecule has 1 aliphatic carbocycles. The highest BCUT2D eigenvalue weighted by Crippen LogP contribution is 2.26. The minimum Gasteiger partial charge on any atom is -0.393 e. The van der Waals surface area contributed by atoms with Crippen LogP contribution in [0.5, 0.6) is 0 Å². The van der Waals surface area contributed by atoms with Crippen molar-refractivity contribution >= 4 is 10.0 Å². The largest absolute Gasteiger partial charge is 0.393 e. The topological polar surface area (TPSA) is 66.4 Å². The molecule has 0 atom stereocenters. The summed E-state index contributed by atoms with van der Waals surface area (Å²) in [6.45, 7) is 2.33. The summed E-state index contributed by atoms with van der Waals surface area (Å²) in [7, 11) is -3.40. The van der Waals surface area contributed by atoms with E-state index >= 15 is 0 Å². The Labute approximate surface area is 102 Å². The molecule has 0 saturated heterocycles. The average molecular weight is 255 g/mol. The van der Waals surface area contributed by atoms with Gasteiger partial charge in [0, 0.05) is 6.54 Å². The smallest absolute Gasteiger partial charge is 0.240 e. The molecular formula is C12H17NO3S. The molecule has 94 valence electrons. The van der Waals surface area contributed by atoms with Crippen molar-refractivity contribution in [1.29, 1.82) is 0 Å². The maximum Gasteiger partial charge on any atom is 0.240 e. The molecule has 2 N–H and O–H groups in total. The summed E-state index contributed by atoms with van der Waals surface area (Å²) >= 11 is 0. The van der Waals surface area contributed by atoms with E-state index < -0.39 is 10.0 Å². The van der Waals surface area contributed by atoms with Gasteiger partial charge >= 0.3 is 0 Å². The lowest BCUT2D eigenvalue weighted by Gasteiger charge is -2.31. The first-order chi connectivity index (χ1) is 7.97. The van der Waals surface area contributed by atoms with Crippen LogP contribution in [-0.4, -0.2) is 26.2 Å². The molecule has 1 saturated carbocycles. The lowest BCUT2D eigenvalue weighted by atomic mass is 9.83. The number of hydrogen-bond acceptors (Lipinski definition) is 3. The standard InChI is InChI=1S/C12H17NO3S/c1-9-2-4-12(5-3-9)17(15,16)13-8-10-6-11(14)7-10/h2-5,10-11,13-14H,6-8H2,1H3/t10-,11-. The Morgan fingerprint density at radius 3 is 2.41 bits per heavy atom. The second-order valence-corrected chi connectivity index (χ2v) is 6.42. The third kappa shape index (κ3) is 3.06. The number of benzene rings is 1. The van der Waals surface area contributed by atoms with E-state index in [1.54, 1.807) is 24.3 Å². The van der Waals surface area contributed by atoms with E-state index in [2.05, 4.69) is 4.72 Å². The van der Waals surface area contributed by atoms with E-state index in [0.717, 1.165) is 5.56 Å². The maximum atomic E-state index is 11.9. The first kappa shape index (κ1) is 12.5. The quantitative estimate of drug-likeness (QED) is 0.845. The van der Waals surface area contributed by atoms with E-state index in [-0.39, 0.29) is 12.0 Å². The number of hydrogen-bond donors (Lipinski definition) is 2. The third-order valence-electron chi connectivity index (χ3n) is 3.10. The number of aliphatic hydroxyl groups is 1. The van der Waals surface area contributed by atoms with Crippen molar-refractivity contribution in [1.82, 2.24) is 4.72 Å². The van der Waals surface area contributed by atoms with Crippen LogP contribution in [0.2, 0.25) is 0 Å². The summed E-state index contributed by atoms with van der Waals surface area (Å²) in [6, 6.07) is 6.77. The fourth-order valence-corrected chi connectivity index (χ4v) is 3.01. The van der Waals surface area contributed by atoms with E-state index in [4.69, 9.17) is 5.11 Å². The predicted molar refractivity (Wildman–Crippen MR) is 65.1 cm³/mol. The minimum absolute atomic E-state index is 0.246. The fraction of sp³-hybridized carbons (Fsp3) is 0.500. The van der Waals surface area contributed by atoms with Gasteiger partial charge in [0.15, 0.2) is 0 Å². The first-order valence-electron chi connectivity index (χ1n) is 5.72. The molecular weight excluding hydrogens is 238 g/mol.